The summed E-state index contributed by atoms with van der Waals surface area (Å²) < 4.78 is 10.3. The maximum Gasteiger partial charge on any atom is 0.260 e. The second-order valence-corrected chi connectivity index (χ2v) is 3.97. The van der Waals surface area contributed by atoms with Crippen LogP contribution in [0.2, 0.25) is 0 Å². The summed E-state index contributed by atoms with van der Waals surface area (Å²) in [6, 6.07) is 5.24. The lowest BCUT2D eigenvalue weighted by atomic mass is 10.1. The molecule has 2 aromatic heterocycles. The topological polar surface area (TPSA) is 100.0 Å². The molecule has 0 radical (unpaired) electrons. The summed E-state index contributed by atoms with van der Waals surface area (Å²) in [4.78, 5) is 12.3. The number of methoxy groups -OCH3 is 1. The number of nitrogens with two attached hydrogens (primary N) is 1. The van der Waals surface area contributed by atoms with Crippen molar-refractivity contribution in [2.75, 3.05) is 12.8 Å². The van der Waals surface area contributed by atoms with E-state index in [1.165, 1.54) is 0 Å². The van der Waals surface area contributed by atoms with E-state index in [-0.39, 0.29) is 0 Å². The van der Waals surface area contributed by atoms with E-state index >= 15 is 0 Å². The van der Waals surface area contributed by atoms with Crippen molar-refractivity contribution in [2.24, 2.45) is 0 Å². The van der Waals surface area contributed by atoms with Gasteiger partial charge in [-0.25, -0.2) is 4.98 Å². The first kappa shape index (κ1) is 12.1. The number of ether oxygens (including phenoxy) is 1. The molecule has 3 aromatic rings. The highest BCUT2D eigenvalue weighted by molar-refractivity contribution is 5.72. The quantitative estimate of drug-likeness (QED) is 0.723. The normalized spacial score (nSPS) is 10.4. The molecule has 100 valence electrons. The zero-order valence-corrected chi connectivity index (χ0v) is 10.6. The summed E-state index contributed by atoms with van der Waals surface area (Å²) in [5, 5.41) is 3.87. The first-order valence-electron chi connectivity index (χ1n) is 5.82. The first-order valence-corrected chi connectivity index (χ1v) is 5.82. The molecular weight excluding hydrogens is 258 g/mol. The SMILES string of the molecule is COc1ccc(-c2nc(-c3cnccn3)no2)c(N)c1. The maximum atomic E-state index is 5.94. The zero-order valence-electron chi connectivity index (χ0n) is 10.6. The number of aromatic nitrogens is 4. The number of rotatable bonds is 3. The van der Waals surface area contributed by atoms with Crippen LogP contribution in [0.25, 0.3) is 23.0 Å². The molecule has 0 aliphatic heterocycles. The fraction of sp³-hybridized carbons (Fsp3) is 0.0769. The van der Waals surface area contributed by atoms with Gasteiger partial charge in [0.05, 0.1) is 18.9 Å². The van der Waals surface area contributed by atoms with Crippen molar-refractivity contribution in [1.82, 2.24) is 20.1 Å². The van der Waals surface area contributed by atoms with Gasteiger partial charge in [-0.1, -0.05) is 5.16 Å². The lowest BCUT2D eigenvalue weighted by molar-refractivity contribution is 0.414. The van der Waals surface area contributed by atoms with Crippen LogP contribution in [0.4, 0.5) is 5.69 Å². The summed E-state index contributed by atoms with van der Waals surface area (Å²) in [6.07, 6.45) is 4.70. The maximum absolute atomic E-state index is 5.94. The zero-order chi connectivity index (χ0) is 13.9. The van der Waals surface area contributed by atoms with E-state index in [2.05, 4.69) is 20.1 Å². The van der Waals surface area contributed by atoms with E-state index in [4.69, 9.17) is 15.0 Å². The molecule has 0 amide bonds. The minimum atomic E-state index is 0.325. The molecule has 0 saturated carbocycles. The first-order chi connectivity index (χ1) is 9.78. The van der Waals surface area contributed by atoms with Crippen molar-refractivity contribution >= 4 is 5.69 Å². The van der Waals surface area contributed by atoms with E-state index in [1.807, 2.05) is 0 Å². The Bertz CT molecular complexity index is 727. The molecule has 2 heterocycles. The van der Waals surface area contributed by atoms with Crippen LogP contribution in [0, 0.1) is 0 Å². The Hall–Kier alpha value is -2.96. The van der Waals surface area contributed by atoms with Crippen LogP contribution in [0.3, 0.4) is 0 Å². The molecule has 2 N–H and O–H groups in total. The highest BCUT2D eigenvalue weighted by Crippen LogP contribution is 2.29. The van der Waals surface area contributed by atoms with Crippen LogP contribution >= 0.6 is 0 Å². The summed E-state index contributed by atoms with van der Waals surface area (Å²) in [5.41, 5.74) is 7.62. The molecule has 3 rings (SSSR count). The molecule has 7 heteroatoms. The summed E-state index contributed by atoms with van der Waals surface area (Å²) >= 11 is 0. The van der Waals surface area contributed by atoms with Crippen molar-refractivity contribution < 1.29 is 9.26 Å². The molecule has 0 saturated heterocycles. The third kappa shape index (κ3) is 2.16. The summed E-state index contributed by atoms with van der Waals surface area (Å²) in [5.74, 6) is 1.36. The van der Waals surface area contributed by atoms with Crippen LogP contribution in [0.5, 0.6) is 5.75 Å². The minimum absolute atomic E-state index is 0.325. The molecular formula is C13H11N5O2. The fourth-order valence-electron chi connectivity index (χ4n) is 1.71. The highest BCUT2D eigenvalue weighted by Gasteiger charge is 2.14. The highest BCUT2D eigenvalue weighted by atomic mass is 16.5. The van der Waals surface area contributed by atoms with E-state index in [0.29, 0.717) is 34.4 Å². The Morgan fingerprint density at radius 2 is 2.15 bits per heavy atom. The fourth-order valence-corrected chi connectivity index (χ4v) is 1.71. The Labute approximate surface area is 114 Å². The van der Waals surface area contributed by atoms with Crippen LogP contribution in [0.15, 0.2) is 41.3 Å². The molecule has 0 spiro atoms. The van der Waals surface area contributed by atoms with Crippen LogP contribution in [-0.4, -0.2) is 27.2 Å². The van der Waals surface area contributed by atoms with Gasteiger partial charge in [0.2, 0.25) is 5.82 Å². The van der Waals surface area contributed by atoms with Gasteiger partial charge >= 0.3 is 0 Å². The summed E-state index contributed by atoms with van der Waals surface area (Å²) in [7, 11) is 1.58. The molecule has 0 unspecified atom stereocenters. The van der Waals surface area contributed by atoms with Crippen molar-refractivity contribution in [2.45, 2.75) is 0 Å². The Balaban J connectivity index is 1.98. The lowest BCUT2D eigenvalue weighted by Gasteiger charge is -2.03. The van der Waals surface area contributed by atoms with Gasteiger partial charge in [-0.15, -0.1) is 0 Å². The molecule has 7 nitrogen and oxygen atoms in total. The molecule has 0 aliphatic rings. The second-order valence-electron chi connectivity index (χ2n) is 3.97. The van der Waals surface area contributed by atoms with Crippen LogP contribution < -0.4 is 10.5 Å². The van der Waals surface area contributed by atoms with Gasteiger partial charge in [-0.2, -0.15) is 4.98 Å². The van der Waals surface area contributed by atoms with Crippen LogP contribution in [0.1, 0.15) is 0 Å². The van der Waals surface area contributed by atoms with Gasteiger partial charge < -0.3 is 15.0 Å². The van der Waals surface area contributed by atoms with Crippen molar-refractivity contribution in [3.05, 3.63) is 36.8 Å². The Morgan fingerprint density at radius 1 is 1.25 bits per heavy atom. The van der Waals surface area contributed by atoms with E-state index in [0.717, 1.165) is 0 Å². The molecule has 1 aromatic carbocycles. The van der Waals surface area contributed by atoms with Gasteiger partial charge in [0, 0.05) is 24.1 Å². The number of nitrogen functional groups attached to an aromatic ring is 1. The monoisotopic (exact) mass is 269 g/mol. The standard InChI is InChI=1S/C13H11N5O2/c1-19-8-2-3-9(10(14)6-8)13-17-12(18-20-13)11-7-15-4-5-16-11/h2-7H,14H2,1H3. The van der Waals surface area contributed by atoms with Crippen molar-refractivity contribution in [1.29, 1.82) is 0 Å². The number of nitrogens with zero attached hydrogens (tertiary/aromatic N) is 4. The van der Waals surface area contributed by atoms with Crippen molar-refractivity contribution in [3.63, 3.8) is 0 Å². The summed E-state index contributed by atoms with van der Waals surface area (Å²) in [6.45, 7) is 0. The predicted octanol–water partition coefficient (Wildman–Crippen LogP) is 1.78. The van der Waals surface area contributed by atoms with Gasteiger partial charge in [0.25, 0.3) is 5.89 Å². The second kappa shape index (κ2) is 4.96. The molecule has 0 bridgehead atoms. The molecule has 20 heavy (non-hydrogen) atoms. The van der Waals surface area contributed by atoms with E-state index < -0.39 is 0 Å². The van der Waals surface area contributed by atoms with Crippen LogP contribution in [-0.2, 0) is 0 Å². The largest absolute Gasteiger partial charge is 0.497 e. The van der Waals surface area contributed by atoms with Gasteiger partial charge in [-0.3, -0.25) is 4.98 Å². The van der Waals surface area contributed by atoms with Gasteiger partial charge in [0.1, 0.15) is 11.4 Å². The number of benzene rings is 1. The Kier molecular flexibility index (Phi) is 3.00. The third-order valence-electron chi connectivity index (χ3n) is 2.71. The molecule has 0 atom stereocenters. The van der Waals surface area contributed by atoms with E-state index in [9.17, 15) is 0 Å². The molecule has 0 fully saturated rings. The van der Waals surface area contributed by atoms with E-state index in [1.54, 1.807) is 43.9 Å². The van der Waals surface area contributed by atoms with Crippen molar-refractivity contribution in [3.8, 4) is 28.7 Å². The smallest absolute Gasteiger partial charge is 0.260 e. The Morgan fingerprint density at radius 3 is 2.85 bits per heavy atom. The number of hydrogen-bond acceptors (Lipinski definition) is 7. The van der Waals surface area contributed by atoms with Gasteiger partial charge in [-0.05, 0) is 12.1 Å². The average molecular weight is 269 g/mol. The molecule has 0 aliphatic carbocycles. The number of anilines is 1. The van der Waals surface area contributed by atoms with Gasteiger partial charge in [0.15, 0.2) is 0 Å². The number of hydrogen-bond donors (Lipinski definition) is 1. The minimum Gasteiger partial charge on any atom is -0.497 e. The predicted molar refractivity (Wildman–Crippen MR) is 71.7 cm³/mol. The lowest BCUT2D eigenvalue weighted by Crippen LogP contribution is -1.92. The third-order valence-corrected chi connectivity index (χ3v) is 2.71. The average Bonchev–Trinajstić information content (AvgIpc) is 2.97.